The number of esters is 3. The largest absolute Gasteiger partial charge is 0.472 e. The van der Waals surface area contributed by atoms with Gasteiger partial charge in [0, 0.05) is 19.3 Å². The monoisotopic (exact) mass is 1060 g/mol. The average molecular weight is 1060 g/mol. The Kier molecular flexibility index (Phi) is 53.8. The summed E-state index contributed by atoms with van der Waals surface area (Å²) in [7, 11) is -4.76. The molecule has 0 aromatic rings. The molecule has 0 rings (SSSR count). The number of carbonyl (C=O) groups is 3. The van der Waals surface area contributed by atoms with Crippen molar-refractivity contribution in [2.24, 2.45) is 0 Å². The van der Waals surface area contributed by atoms with Crippen LogP contribution in [-0.2, 0) is 42.2 Å². The van der Waals surface area contributed by atoms with Gasteiger partial charge in [0.1, 0.15) is 12.7 Å². The lowest BCUT2D eigenvalue weighted by Gasteiger charge is -2.21. The fourth-order valence-electron chi connectivity index (χ4n) is 8.08. The summed E-state index contributed by atoms with van der Waals surface area (Å²) in [6.45, 7) is 4.49. The van der Waals surface area contributed by atoms with Crippen LogP contribution in [0.3, 0.4) is 0 Å². The van der Waals surface area contributed by atoms with Gasteiger partial charge in [0.2, 0.25) is 0 Å². The minimum atomic E-state index is -4.76. The van der Waals surface area contributed by atoms with E-state index < -0.39 is 57.8 Å². The molecule has 74 heavy (non-hydrogen) atoms. The van der Waals surface area contributed by atoms with E-state index in [4.69, 9.17) is 23.3 Å². The van der Waals surface area contributed by atoms with Gasteiger partial charge in [-0.25, -0.2) is 4.57 Å². The lowest BCUT2D eigenvalue weighted by Crippen LogP contribution is -2.30. The molecular formula is C62H109O11P. The van der Waals surface area contributed by atoms with Crippen LogP contribution in [0.25, 0.3) is 0 Å². The number of phosphoric acid groups is 1. The standard InChI is InChI=1S/C62H109O11P/c1-4-7-10-13-16-19-22-25-27-29-31-34-37-40-43-46-49-52-61(65)72-58(54-63)56-70-74(67,68)71-57-59(55-69-60(64)51-48-45-42-39-36-33-24-21-18-15-12-9-6-3)73-62(66)53-50-47-44-41-38-35-32-30-28-26-23-20-17-14-11-8-5-2/h8,11,16-17,19-20,25-28,32,35,58-59,63H,4-7,9-10,12-15,18,21-24,29-31,33-34,36-57H2,1-3H3,(H,67,68)/b11-8-,19-16-,20-17-,27-25-,28-26-,35-32-. The van der Waals surface area contributed by atoms with Crippen molar-refractivity contribution in [2.75, 3.05) is 26.4 Å². The number of ether oxygens (including phenoxy) is 3. The van der Waals surface area contributed by atoms with Gasteiger partial charge >= 0.3 is 25.7 Å². The average Bonchev–Trinajstić information content (AvgIpc) is 3.39. The molecule has 0 saturated heterocycles. The first kappa shape index (κ1) is 70.9. The van der Waals surface area contributed by atoms with Gasteiger partial charge in [-0.05, 0) is 89.9 Å². The van der Waals surface area contributed by atoms with E-state index in [1.165, 1.54) is 96.3 Å². The molecule has 0 radical (unpaired) electrons. The summed E-state index contributed by atoms with van der Waals surface area (Å²) < 4.78 is 39.5. The molecule has 0 heterocycles. The zero-order chi connectivity index (χ0) is 54.1. The highest BCUT2D eigenvalue weighted by atomic mass is 31.2. The van der Waals surface area contributed by atoms with Crippen LogP contribution in [0.2, 0.25) is 0 Å². The van der Waals surface area contributed by atoms with E-state index in [0.29, 0.717) is 19.3 Å². The Morgan fingerprint density at radius 3 is 1.11 bits per heavy atom. The van der Waals surface area contributed by atoms with E-state index in [-0.39, 0.29) is 25.9 Å². The number of aliphatic hydroxyl groups excluding tert-OH is 1. The zero-order valence-electron chi connectivity index (χ0n) is 47.3. The number of carbonyl (C=O) groups excluding carboxylic acids is 3. The topological polar surface area (TPSA) is 155 Å². The summed E-state index contributed by atoms with van der Waals surface area (Å²) in [4.78, 5) is 48.6. The fraction of sp³-hybridized carbons (Fsp3) is 0.758. The van der Waals surface area contributed by atoms with Crippen molar-refractivity contribution in [1.82, 2.24) is 0 Å². The van der Waals surface area contributed by atoms with E-state index >= 15 is 0 Å². The normalized spacial score (nSPS) is 13.9. The molecule has 0 aliphatic rings. The molecule has 428 valence electrons. The minimum Gasteiger partial charge on any atom is -0.462 e. The van der Waals surface area contributed by atoms with E-state index in [0.717, 1.165) is 109 Å². The molecule has 0 amide bonds. The van der Waals surface area contributed by atoms with E-state index in [9.17, 15) is 28.9 Å². The molecule has 0 aliphatic carbocycles. The second kappa shape index (κ2) is 56.1. The molecule has 0 aliphatic heterocycles. The van der Waals surface area contributed by atoms with Crippen molar-refractivity contribution < 1.29 is 52.2 Å². The number of unbranched alkanes of at least 4 members (excludes halogenated alkanes) is 26. The van der Waals surface area contributed by atoms with Crippen molar-refractivity contribution in [3.05, 3.63) is 72.9 Å². The molecule has 11 nitrogen and oxygen atoms in total. The molecule has 0 aromatic carbocycles. The Labute approximate surface area is 452 Å². The maximum absolute atomic E-state index is 12.9. The summed E-state index contributed by atoms with van der Waals surface area (Å²) in [6, 6.07) is 0. The molecule has 0 bridgehead atoms. The Hall–Kier alpha value is -3.08. The first-order valence-electron chi connectivity index (χ1n) is 29.8. The van der Waals surface area contributed by atoms with Gasteiger partial charge in [-0.1, -0.05) is 229 Å². The number of phosphoric ester groups is 1. The van der Waals surface area contributed by atoms with Crippen molar-refractivity contribution in [2.45, 2.75) is 277 Å². The fourth-order valence-corrected chi connectivity index (χ4v) is 8.87. The van der Waals surface area contributed by atoms with Crippen molar-refractivity contribution in [3.8, 4) is 0 Å². The van der Waals surface area contributed by atoms with Crippen molar-refractivity contribution in [1.29, 1.82) is 0 Å². The molecule has 3 atom stereocenters. The maximum Gasteiger partial charge on any atom is 0.472 e. The van der Waals surface area contributed by atoms with Crippen LogP contribution < -0.4 is 0 Å². The third kappa shape index (κ3) is 53.7. The van der Waals surface area contributed by atoms with Gasteiger partial charge in [0.15, 0.2) is 6.10 Å². The number of hydrogen-bond acceptors (Lipinski definition) is 10. The van der Waals surface area contributed by atoms with Crippen LogP contribution >= 0.6 is 7.82 Å². The van der Waals surface area contributed by atoms with Crippen LogP contribution in [0.4, 0.5) is 0 Å². The maximum atomic E-state index is 12.9. The Morgan fingerprint density at radius 1 is 0.392 bits per heavy atom. The highest BCUT2D eigenvalue weighted by molar-refractivity contribution is 7.47. The number of aliphatic hydroxyl groups is 1. The van der Waals surface area contributed by atoms with Crippen LogP contribution in [0, 0.1) is 0 Å². The number of allylic oxidation sites excluding steroid dienone is 12. The molecule has 0 saturated carbocycles. The SMILES string of the molecule is CC/C=C\C/C=C\C/C=C\C/C=C\CCCCCCC(=O)OC(COC(=O)CCCCCCCCCCCCCCC)COP(=O)(O)OCC(CO)OC(=O)CCCCCCCCC/C=C\C/C=C\CCCCC. The second-order valence-corrected chi connectivity index (χ2v) is 21.2. The predicted molar refractivity (Wildman–Crippen MR) is 307 cm³/mol. The molecule has 0 fully saturated rings. The third-order valence-corrected chi connectivity index (χ3v) is 13.6. The van der Waals surface area contributed by atoms with Crippen LogP contribution in [0.5, 0.6) is 0 Å². The van der Waals surface area contributed by atoms with Gasteiger partial charge < -0.3 is 24.2 Å². The minimum absolute atomic E-state index is 0.139. The van der Waals surface area contributed by atoms with E-state index in [1.54, 1.807) is 0 Å². The number of hydrogen-bond donors (Lipinski definition) is 2. The Morgan fingerprint density at radius 2 is 0.703 bits per heavy atom. The molecule has 0 spiro atoms. The second-order valence-electron chi connectivity index (χ2n) is 19.8. The summed E-state index contributed by atoms with van der Waals surface area (Å²) in [5.74, 6) is -1.49. The van der Waals surface area contributed by atoms with Gasteiger partial charge in [-0.2, -0.15) is 0 Å². The Bertz CT molecular complexity index is 1520. The Balaban J connectivity index is 4.72. The lowest BCUT2D eigenvalue weighted by atomic mass is 10.0. The molecule has 3 unspecified atom stereocenters. The van der Waals surface area contributed by atoms with Crippen LogP contribution in [-0.4, -0.2) is 66.5 Å². The van der Waals surface area contributed by atoms with Gasteiger partial charge in [-0.3, -0.25) is 23.4 Å². The summed E-state index contributed by atoms with van der Waals surface area (Å²) in [6.07, 6.45) is 62.8. The quantitative estimate of drug-likeness (QED) is 0.0197. The first-order valence-corrected chi connectivity index (χ1v) is 31.3. The molecular weight excluding hydrogens is 952 g/mol. The van der Waals surface area contributed by atoms with Gasteiger partial charge in [0.25, 0.3) is 0 Å². The summed E-state index contributed by atoms with van der Waals surface area (Å²) in [5, 5.41) is 9.83. The highest BCUT2D eigenvalue weighted by Crippen LogP contribution is 2.43. The number of rotatable bonds is 55. The van der Waals surface area contributed by atoms with Crippen molar-refractivity contribution in [3.63, 3.8) is 0 Å². The summed E-state index contributed by atoms with van der Waals surface area (Å²) >= 11 is 0. The smallest absolute Gasteiger partial charge is 0.462 e. The lowest BCUT2D eigenvalue weighted by molar-refractivity contribution is -0.161. The molecule has 0 aromatic heterocycles. The summed E-state index contributed by atoms with van der Waals surface area (Å²) in [5.41, 5.74) is 0. The van der Waals surface area contributed by atoms with Crippen molar-refractivity contribution >= 4 is 25.7 Å². The first-order chi connectivity index (χ1) is 36.2. The predicted octanol–water partition coefficient (Wildman–Crippen LogP) is 17.7. The highest BCUT2D eigenvalue weighted by Gasteiger charge is 2.28. The van der Waals surface area contributed by atoms with Crippen LogP contribution in [0.1, 0.15) is 265 Å². The third-order valence-electron chi connectivity index (χ3n) is 12.6. The molecule has 2 N–H and O–H groups in total. The van der Waals surface area contributed by atoms with E-state index in [2.05, 4.69) is 93.7 Å². The van der Waals surface area contributed by atoms with E-state index in [1.807, 2.05) is 0 Å². The molecule has 12 heteroatoms. The zero-order valence-corrected chi connectivity index (χ0v) is 48.2. The van der Waals surface area contributed by atoms with Crippen LogP contribution in [0.15, 0.2) is 72.9 Å². The van der Waals surface area contributed by atoms with Gasteiger partial charge in [0.05, 0.1) is 19.8 Å². The van der Waals surface area contributed by atoms with Gasteiger partial charge in [-0.15, -0.1) is 0 Å².